The summed E-state index contributed by atoms with van der Waals surface area (Å²) in [7, 11) is 1.52. The molecule has 3 aromatic carbocycles. The molecule has 0 saturated carbocycles. The van der Waals surface area contributed by atoms with Gasteiger partial charge in [0.05, 0.1) is 17.2 Å². The van der Waals surface area contributed by atoms with Crippen molar-refractivity contribution in [3.63, 3.8) is 0 Å². The molecule has 0 fully saturated rings. The van der Waals surface area contributed by atoms with Crippen molar-refractivity contribution in [3.8, 4) is 17.6 Å². The summed E-state index contributed by atoms with van der Waals surface area (Å²) in [6.07, 6.45) is 1.49. The minimum atomic E-state index is -0.490. The fourth-order valence-electron chi connectivity index (χ4n) is 2.83. The van der Waals surface area contributed by atoms with Gasteiger partial charge < -0.3 is 14.8 Å². The highest BCUT2D eigenvalue weighted by molar-refractivity contribution is 6.42. The van der Waals surface area contributed by atoms with E-state index in [1.165, 1.54) is 13.2 Å². The molecule has 0 unspecified atom stereocenters. The zero-order valence-corrected chi connectivity index (χ0v) is 19.0. The first-order valence-electron chi connectivity index (χ1n) is 9.64. The van der Waals surface area contributed by atoms with Gasteiger partial charge in [0.2, 0.25) is 0 Å². The van der Waals surface area contributed by atoms with Crippen molar-refractivity contribution in [3.05, 3.63) is 93.0 Å². The number of methoxy groups -OCH3 is 1. The molecule has 1 amide bonds. The van der Waals surface area contributed by atoms with Gasteiger partial charge in [-0.05, 0) is 60.5 Å². The average molecular weight is 467 g/mol. The summed E-state index contributed by atoms with van der Waals surface area (Å²) >= 11 is 12.0. The van der Waals surface area contributed by atoms with Gasteiger partial charge in [-0.2, -0.15) is 5.26 Å². The van der Waals surface area contributed by atoms with Gasteiger partial charge in [-0.15, -0.1) is 0 Å². The largest absolute Gasteiger partial charge is 0.493 e. The Bertz CT molecular complexity index is 1200. The summed E-state index contributed by atoms with van der Waals surface area (Å²) in [5.41, 5.74) is 3.14. The molecule has 32 heavy (non-hydrogen) atoms. The van der Waals surface area contributed by atoms with Crippen LogP contribution in [0.4, 0.5) is 5.69 Å². The molecule has 3 aromatic rings. The maximum atomic E-state index is 12.5. The second-order valence-electron chi connectivity index (χ2n) is 6.94. The summed E-state index contributed by atoms with van der Waals surface area (Å²) < 4.78 is 11.3. The molecular weight excluding hydrogens is 447 g/mol. The van der Waals surface area contributed by atoms with E-state index in [0.717, 1.165) is 11.1 Å². The van der Waals surface area contributed by atoms with Crippen LogP contribution in [0, 0.1) is 18.3 Å². The smallest absolute Gasteiger partial charge is 0.266 e. The third kappa shape index (κ3) is 6.04. The van der Waals surface area contributed by atoms with Crippen LogP contribution >= 0.6 is 23.2 Å². The van der Waals surface area contributed by atoms with Crippen LogP contribution in [0.3, 0.4) is 0 Å². The molecule has 0 heterocycles. The normalized spacial score (nSPS) is 10.9. The third-order valence-electron chi connectivity index (χ3n) is 4.55. The number of carbonyl (C=O) groups is 1. The highest BCUT2D eigenvalue weighted by atomic mass is 35.5. The number of ether oxygens (including phenoxy) is 2. The van der Waals surface area contributed by atoms with Crippen molar-refractivity contribution in [2.45, 2.75) is 13.5 Å². The number of benzene rings is 3. The zero-order valence-electron chi connectivity index (χ0n) is 17.5. The van der Waals surface area contributed by atoms with E-state index in [4.69, 9.17) is 32.7 Å². The van der Waals surface area contributed by atoms with Crippen molar-refractivity contribution in [1.82, 2.24) is 0 Å². The van der Waals surface area contributed by atoms with Crippen LogP contribution in [0.15, 0.2) is 66.2 Å². The number of aryl methyl sites for hydroxylation is 1. The van der Waals surface area contributed by atoms with Crippen molar-refractivity contribution < 1.29 is 14.3 Å². The van der Waals surface area contributed by atoms with E-state index in [1.807, 2.05) is 31.2 Å². The first-order chi connectivity index (χ1) is 15.4. The number of hydrogen-bond donors (Lipinski definition) is 1. The van der Waals surface area contributed by atoms with E-state index in [1.54, 1.807) is 42.5 Å². The van der Waals surface area contributed by atoms with Crippen molar-refractivity contribution >= 4 is 40.9 Å². The summed E-state index contributed by atoms with van der Waals surface area (Å²) in [5, 5.41) is 13.1. The lowest BCUT2D eigenvalue weighted by Crippen LogP contribution is -2.13. The number of hydrogen-bond acceptors (Lipinski definition) is 4. The molecule has 162 valence electrons. The molecule has 0 bridgehead atoms. The Morgan fingerprint density at radius 2 is 1.78 bits per heavy atom. The first kappa shape index (κ1) is 23.2. The molecule has 0 atom stereocenters. The van der Waals surface area contributed by atoms with E-state index in [-0.39, 0.29) is 12.2 Å². The zero-order chi connectivity index (χ0) is 23.1. The Labute approximate surface area is 196 Å². The predicted molar refractivity (Wildman–Crippen MR) is 127 cm³/mol. The van der Waals surface area contributed by atoms with Crippen molar-refractivity contribution in [1.29, 1.82) is 5.26 Å². The second kappa shape index (κ2) is 10.7. The van der Waals surface area contributed by atoms with Crippen molar-refractivity contribution in [2.75, 3.05) is 12.4 Å². The van der Waals surface area contributed by atoms with Gasteiger partial charge >= 0.3 is 0 Å². The van der Waals surface area contributed by atoms with E-state index in [0.29, 0.717) is 32.8 Å². The number of nitrogens with one attached hydrogen (secondary N) is 1. The lowest BCUT2D eigenvalue weighted by molar-refractivity contribution is -0.112. The van der Waals surface area contributed by atoms with Crippen LogP contribution in [-0.4, -0.2) is 13.0 Å². The fraction of sp³-hybridized carbons (Fsp3) is 0.120. The molecule has 0 spiro atoms. The number of carbonyl (C=O) groups excluding carboxylic acids is 1. The Hall–Kier alpha value is -3.46. The molecule has 0 radical (unpaired) electrons. The first-order valence-corrected chi connectivity index (χ1v) is 10.4. The average Bonchev–Trinajstić information content (AvgIpc) is 2.80. The standard InChI is InChI=1S/C25H20Cl2N2O3/c1-16-3-7-20(8-4-16)29-25(30)19(14-28)11-17-6-10-23(24(13-17)31-2)32-15-18-5-9-21(26)22(27)12-18/h3-13H,15H2,1-2H3,(H,29,30). The topological polar surface area (TPSA) is 71.3 Å². The van der Waals surface area contributed by atoms with Crippen LogP contribution in [0.25, 0.3) is 6.08 Å². The minimum Gasteiger partial charge on any atom is -0.493 e. The van der Waals surface area contributed by atoms with Gasteiger partial charge in [0.25, 0.3) is 5.91 Å². The predicted octanol–water partition coefficient (Wildman–Crippen LogP) is 6.44. The number of amides is 1. The molecular formula is C25H20Cl2N2O3. The highest BCUT2D eigenvalue weighted by Crippen LogP contribution is 2.30. The number of anilines is 1. The van der Waals surface area contributed by atoms with Gasteiger partial charge in [0.1, 0.15) is 18.2 Å². The lowest BCUT2D eigenvalue weighted by atomic mass is 10.1. The number of nitrogens with zero attached hydrogens (tertiary/aromatic N) is 1. The Morgan fingerprint density at radius 3 is 2.44 bits per heavy atom. The molecule has 0 saturated heterocycles. The van der Waals surface area contributed by atoms with Crippen LogP contribution in [-0.2, 0) is 11.4 Å². The van der Waals surface area contributed by atoms with Gasteiger partial charge in [0, 0.05) is 5.69 Å². The summed E-state index contributed by atoms with van der Waals surface area (Å²) in [5.74, 6) is 0.489. The molecule has 0 aliphatic heterocycles. The maximum absolute atomic E-state index is 12.5. The van der Waals surface area contributed by atoms with Crippen LogP contribution in [0.5, 0.6) is 11.5 Å². The summed E-state index contributed by atoms with van der Waals surface area (Å²) in [4.78, 5) is 12.5. The maximum Gasteiger partial charge on any atom is 0.266 e. The monoisotopic (exact) mass is 466 g/mol. The number of halogens is 2. The lowest BCUT2D eigenvalue weighted by Gasteiger charge is -2.12. The molecule has 7 heteroatoms. The van der Waals surface area contributed by atoms with E-state index in [9.17, 15) is 10.1 Å². The van der Waals surface area contributed by atoms with Crippen LogP contribution in [0.1, 0.15) is 16.7 Å². The highest BCUT2D eigenvalue weighted by Gasteiger charge is 2.12. The molecule has 3 rings (SSSR count). The third-order valence-corrected chi connectivity index (χ3v) is 5.29. The summed E-state index contributed by atoms with van der Waals surface area (Å²) in [6, 6.07) is 19.7. The van der Waals surface area contributed by atoms with Gasteiger partial charge in [-0.25, -0.2) is 0 Å². The Kier molecular flexibility index (Phi) is 7.77. The van der Waals surface area contributed by atoms with Crippen molar-refractivity contribution in [2.24, 2.45) is 0 Å². The SMILES string of the molecule is COc1cc(C=C(C#N)C(=O)Nc2ccc(C)cc2)ccc1OCc1ccc(Cl)c(Cl)c1. The number of nitriles is 1. The van der Waals surface area contributed by atoms with Crippen LogP contribution < -0.4 is 14.8 Å². The number of rotatable bonds is 7. The van der Waals surface area contributed by atoms with Gasteiger partial charge in [-0.1, -0.05) is 53.0 Å². The van der Waals surface area contributed by atoms with Crippen LogP contribution in [0.2, 0.25) is 10.0 Å². The minimum absolute atomic E-state index is 0.0305. The molecule has 1 N–H and O–H groups in total. The summed E-state index contributed by atoms with van der Waals surface area (Å²) in [6.45, 7) is 2.22. The van der Waals surface area contributed by atoms with Gasteiger partial charge in [0.15, 0.2) is 11.5 Å². The van der Waals surface area contributed by atoms with E-state index in [2.05, 4.69) is 5.32 Å². The molecule has 0 aromatic heterocycles. The quantitative estimate of drug-likeness (QED) is 0.321. The van der Waals surface area contributed by atoms with E-state index >= 15 is 0 Å². The fourth-order valence-corrected chi connectivity index (χ4v) is 3.15. The second-order valence-corrected chi connectivity index (χ2v) is 7.75. The Balaban J connectivity index is 1.74. The molecule has 0 aliphatic carbocycles. The molecule has 5 nitrogen and oxygen atoms in total. The van der Waals surface area contributed by atoms with Gasteiger partial charge in [-0.3, -0.25) is 4.79 Å². The van der Waals surface area contributed by atoms with E-state index < -0.39 is 5.91 Å². The Morgan fingerprint density at radius 1 is 1.03 bits per heavy atom. The molecule has 0 aliphatic rings.